The van der Waals surface area contributed by atoms with Crippen LogP contribution in [0.5, 0.6) is 0 Å². The summed E-state index contributed by atoms with van der Waals surface area (Å²) in [6, 6.07) is 7.48. The summed E-state index contributed by atoms with van der Waals surface area (Å²) in [6.07, 6.45) is 3.53. The molecule has 5 nitrogen and oxygen atoms in total. The zero-order valence-corrected chi connectivity index (χ0v) is 14.0. The maximum absolute atomic E-state index is 13.3. The average molecular weight is 348 g/mol. The molecule has 2 fully saturated rings. The van der Waals surface area contributed by atoms with Crippen LogP contribution in [0.1, 0.15) is 43.2 Å². The molecule has 0 spiro atoms. The van der Waals surface area contributed by atoms with E-state index in [0.717, 1.165) is 25.2 Å². The van der Waals surface area contributed by atoms with Gasteiger partial charge in [-0.3, -0.25) is 10.2 Å². The van der Waals surface area contributed by atoms with Crippen LogP contribution in [0.15, 0.2) is 28.8 Å². The zero-order chi connectivity index (χ0) is 17.3. The van der Waals surface area contributed by atoms with Crippen LogP contribution < -0.4 is 5.32 Å². The van der Waals surface area contributed by atoms with Crippen molar-refractivity contribution in [1.29, 1.82) is 0 Å². The topological polar surface area (TPSA) is 54.2 Å². The van der Waals surface area contributed by atoms with Gasteiger partial charge in [0.15, 0.2) is 0 Å². The minimum absolute atomic E-state index is 0.230. The molecule has 2 aliphatic rings. The molecule has 7 heteroatoms. The number of aromatic nitrogens is 2. The van der Waals surface area contributed by atoms with Gasteiger partial charge in [-0.05, 0) is 37.6 Å². The summed E-state index contributed by atoms with van der Waals surface area (Å²) < 4.78 is 31.9. The van der Waals surface area contributed by atoms with Crippen LogP contribution in [0.25, 0.3) is 11.4 Å². The van der Waals surface area contributed by atoms with Crippen molar-refractivity contribution in [3.8, 4) is 11.4 Å². The predicted molar refractivity (Wildman–Crippen MR) is 89.2 cm³/mol. The van der Waals surface area contributed by atoms with Crippen molar-refractivity contribution < 1.29 is 13.3 Å². The Hall–Kier alpha value is -1.86. The number of hydrogen-bond donors (Lipinski definition) is 1. The second kappa shape index (κ2) is 6.80. The van der Waals surface area contributed by atoms with Gasteiger partial charge in [0.1, 0.15) is 0 Å². The highest BCUT2D eigenvalue weighted by Gasteiger charge is 2.42. The van der Waals surface area contributed by atoms with Crippen molar-refractivity contribution in [2.75, 3.05) is 19.6 Å². The Morgan fingerprint density at radius 3 is 2.84 bits per heavy atom. The predicted octanol–water partition coefficient (Wildman–Crippen LogP) is 3.39. The molecule has 2 aromatic rings. The molecule has 0 bridgehead atoms. The largest absolute Gasteiger partial charge is 0.337 e. The number of nitrogens with zero attached hydrogens (tertiary/aromatic N) is 3. The number of piperidine rings is 1. The highest BCUT2D eigenvalue weighted by Crippen LogP contribution is 2.33. The lowest BCUT2D eigenvalue weighted by Crippen LogP contribution is -2.29. The molecule has 0 radical (unpaired) electrons. The fourth-order valence-electron chi connectivity index (χ4n) is 3.57. The molecule has 3 heterocycles. The molecule has 0 saturated carbocycles. The number of halogens is 2. The minimum Gasteiger partial charge on any atom is -0.337 e. The second-order valence-electron chi connectivity index (χ2n) is 6.99. The summed E-state index contributed by atoms with van der Waals surface area (Å²) >= 11 is 0. The van der Waals surface area contributed by atoms with Gasteiger partial charge < -0.3 is 4.52 Å². The first-order valence-corrected chi connectivity index (χ1v) is 8.86. The van der Waals surface area contributed by atoms with Crippen molar-refractivity contribution in [3.63, 3.8) is 0 Å². The first kappa shape index (κ1) is 16.6. The molecule has 0 aliphatic carbocycles. The molecule has 0 amide bonds. The number of benzene rings is 1. The van der Waals surface area contributed by atoms with Crippen molar-refractivity contribution in [2.45, 2.75) is 44.2 Å². The van der Waals surface area contributed by atoms with Crippen LogP contribution in [0.2, 0.25) is 0 Å². The van der Waals surface area contributed by atoms with E-state index < -0.39 is 12.0 Å². The van der Waals surface area contributed by atoms with Gasteiger partial charge in [-0.2, -0.15) is 4.98 Å². The summed E-state index contributed by atoms with van der Waals surface area (Å²) in [4.78, 5) is 6.78. The molecule has 1 unspecified atom stereocenters. The highest BCUT2D eigenvalue weighted by molar-refractivity contribution is 5.55. The Morgan fingerprint density at radius 1 is 1.24 bits per heavy atom. The lowest BCUT2D eigenvalue weighted by molar-refractivity contribution is 0.0200. The monoisotopic (exact) mass is 348 g/mol. The second-order valence-corrected chi connectivity index (χ2v) is 6.99. The summed E-state index contributed by atoms with van der Waals surface area (Å²) in [5, 5.41) is 6.72. The van der Waals surface area contributed by atoms with Crippen LogP contribution in [-0.4, -0.2) is 40.6 Å². The van der Waals surface area contributed by atoms with Crippen LogP contribution in [0, 0.1) is 0 Å². The van der Waals surface area contributed by atoms with Gasteiger partial charge >= 0.3 is 0 Å². The lowest BCUT2D eigenvalue weighted by Gasteiger charge is -2.26. The Balaban J connectivity index is 1.47. The number of hydrogen-bond acceptors (Lipinski definition) is 5. The van der Waals surface area contributed by atoms with Gasteiger partial charge in [-0.25, -0.2) is 8.78 Å². The van der Waals surface area contributed by atoms with Crippen LogP contribution in [0.4, 0.5) is 8.78 Å². The van der Waals surface area contributed by atoms with Crippen molar-refractivity contribution in [1.82, 2.24) is 20.4 Å². The van der Waals surface area contributed by atoms with Gasteiger partial charge in [0.05, 0.1) is 12.6 Å². The molecule has 2 aliphatic heterocycles. The van der Waals surface area contributed by atoms with Crippen LogP contribution in [0.3, 0.4) is 0 Å². The maximum atomic E-state index is 13.3. The fourth-order valence-corrected chi connectivity index (χ4v) is 3.57. The highest BCUT2D eigenvalue weighted by atomic mass is 19.3. The third-order valence-electron chi connectivity index (χ3n) is 4.89. The number of likely N-dealkylation sites (tertiary alicyclic amines) is 1. The Kier molecular flexibility index (Phi) is 4.52. The van der Waals surface area contributed by atoms with E-state index in [2.05, 4.69) is 32.5 Å². The van der Waals surface area contributed by atoms with Gasteiger partial charge in [0, 0.05) is 18.5 Å². The number of nitrogens with one attached hydrogen (secondary N) is 1. The van der Waals surface area contributed by atoms with E-state index in [-0.39, 0.29) is 18.9 Å². The molecule has 25 heavy (non-hydrogen) atoms. The van der Waals surface area contributed by atoms with E-state index in [1.165, 1.54) is 24.8 Å². The first-order chi connectivity index (χ1) is 12.1. The van der Waals surface area contributed by atoms with Crippen molar-refractivity contribution in [3.05, 3.63) is 35.7 Å². The Morgan fingerprint density at radius 2 is 2.08 bits per heavy atom. The fraction of sp³-hybridized carbons (Fsp3) is 0.556. The molecule has 134 valence electrons. The van der Waals surface area contributed by atoms with E-state index in [1.54, 1.807) is 0 Å². The normalized spacial score (nSPS) is 23.8. The Labute approximate surface area is 145 Å². The van der Waals surface area contributed by atoms with Crippen LogP contribution >= 0.6 is 0 Å². The van der Waals surface area contributed by atoms with E-state index >= 15 is 0 Å². The SMILES string of the molecule is FC1(F)CNC(c2nc(-c3cccc(CN4CCCCC4)c3)no2)C1. The van der Waals surface area contributed by atoms with Gasteiger partial charge in [0.25, 0.3) is 5.92 Å². The summed E-state index contributed by atoms with van der Waals surface area (Å²) in [5.41, 5.74) is 2.06. The maximum Gasteiger partial charge on any atom is 0.262 e. The average Bonchev–Trinajstić information content (AvgIpc) is 3.22. The lowest BCUT2D eigenvalue weighted by atomic mass is 10.1. The Bertz CT molecular complexity index is 727. The minimum atomic E-state index is -2.71. The van der Waals surface area contributed by atoms with Gasteiger partial charge in [-0.15, -0.1) is 0 Å². The molecule has 4 rings (SSSR count). The third-order valence-corrected chi connectivity index (χ3v) is 4.89. The molecule has 1 aromatic carbocycles. The molecule has 1 atom stereocenters. The molecule has 1 aromatic heterocycles. The van der Waals surface area contributed by atoms with Crippen molar-refractivity contribution in [2.24, 2.45) is 0 Å². The quantitative estimate of drug-likeness (QED) is 0.918. The smallest absolute Gasteiger partial charge is 0.262 e. The third kappa shape index (κ3) is 3.88. The molecular formula is C18H22F2N4O. The first-order valence-electron chi connectivity index (χ1n) is 8.86. The molecule has 2 saturated heterocycles. The number of alkyl halides is 2. The summed E-state index contributed by atoms with van der Waals surface area (Å²) in [6.45, 7) is 2.84. The van der Waals surface area contributed by atoms with Crippen molar-refractivity contribution >= 4 is 0 Å². The summed E-state index contributed by atoms with van der Waals surface area (Å²) in [5.74, 6) is -2.03. The zero-order valence-electron chi connectivity index (χ0n) is 14.0. The van der Waals surface area contributed by atoms with E-state index in [9.17, 15) is 8.78 Å². The van der Waals surface area contributed by atoms with Gasteiger partial charge in [0.2, 0.25) is 11.7 Å². The molecular weight excluding hydrogens is 326 g/mol. The van der Waals surface area contributed by atoms with Gasteiger partial charge in [-0.1, -0.05) is 29.8 Å². The molecule has 1 N–H and O–H groups in total. The van der Waals surface area contributed by atoms with E-state index in [1.807, 2.05) is 12.1 Å². The number of rotatable bonds is 4. The van der Waals surface area contributed by atoms with E-state index in [0.29, 0.717) is 5.82 Å². The standard InChI is InChI=1S/C18H22F2N4O/c19-18(20)10-15(21-12-18)17-22-16(23-25-17)14-6-4-5-13(9-14)11-24-7-2-1-3-8-24/h4-6,9,15,21H,1-3,7-8,10-12H2. The summed E-state index contributed by atoms with van der Waals surface area (Å²) in [7, 11) is 0. The van der Waals surface area contributed by atoms with E-state index in [4.69, 9.17) is 4.52 Å². The van der Waals surface area contributed by atoms with Crippen LogP contribution in [-0.2, 0) is 6.54 Å².